The molecule has 0 radical (unpaired) electrons. The number of ether oxygens (including phenoxy) is 1. The lowest BCUT2D eigenvalue weighted by molar-refractivity contribution is -0.125. The molecular formula is C21H20N4O3. The molecule has 2 heterocycles. The van der Waals surface area contributed by atoms with Crippen LogP contribution < -0.4 is 15.4 Å². The average Bonchev–Trinajstić information content (AvgIpc) is 3.12. The first kappa shape index (κ1) is 17.8. The van der Waals surface area contributed by atoms with Crippen LogP contribution >= 0.6 is 0 Å². The first-order valence-electron chi connectivity index (χ1n) is 9.00. The highest BCUT2D eigenvalue weighted by atomic mass is 16.5. The van der Waals surface area contributed by atoms with Crippen LogP contribution in [0.1, 0.15) is 6.42 Å². The van der Waals surface area contributed by atoms with Crippen LogP contribution in [0, 0.1) is 5.92 Å². The van der Waals surface area contributed by atoms with Crippen LogP contribution in [0.25, 0.3) is 11.1 Å². The van der Waals surface area contributed by atoms with Crippen molar-refractivity contribution in [2.75, 3.05) is 17.7 Å². The molecule has 1 atom stereocenters. The van der Waals surface area contributed by atoms with Gasteiger partial charge < -0.3 is 15.4 Å². The number of benzene rings is 2. The fraction of sp³-hybridized carbons (Fsp3) is 0.190. The lowest BCUT2D eigenvalue weighted by Gasteiger charge is -2.24. The van der Waals surface area contributed by atoms with Gasteiger partial charge in [-0.2, -0.15) is 5.10 Å². The van der Waals surface area contributed by atoms with Gasteiger partial charge in [-0.25, -0.2) is 4.68 Å². The summed E-state index contributed by atoms with van der Waals surface area (Å²) in [6, 6.07) is 16.9. The zero-order valence-corrected chi connectivity index (χ0v) is 15.4. The van der Waals surface area contributed by atoms with Gasteiger partial charge in [0.05, 0.1) is 31.5 Å². The molecule has 4 rings (SSSR count). The maximum atomic E-state index is 12.6. The number of rotatable bonds is 5. The number of hydrogen-bond donors (Lipinski definition) is 2. The van der Waals surface area contributed by atoms with E-state index in [1.165, 1.54) is 0 Å². The second-order valence-corrected chi connectivity index (χ2v) is 6.59. The third-order valence-corrected chi connectivity index (χ3v) is 4.74. The van der Waals surface area contributed by atoms with Crippen molar-refractivity contribution in [3.05, 3.63) is 60.8 Å². The smallest absolute Gasteiger partial charge is 0.231 e. The summed E-state index contributed by atoms with van der Waals surface area (Å²) in [7, 11) is 1.54. The molecule has 1 aliphatic rings. The van der Waals surface area contributed by atoms with E-state index in [-0.39, 0.29) is 18.2 Å². The van der Waals surface area contributed by atoms with Crippen LogP contribution in [0.5, 0.6) is 5.75 Å². The van der Waals surface area contributed by atoms with E-state index in [2.05, 4.69) is 15.7 Å². The number of nitrogens with one attached hydrogen (secondary N) is 2. The summed E-state index contributed by atoms with van der Waals surface area (Å²) in [6.45, 7) is 0.355. The summed E-state index contributed by atoms with van der Waals surface area (Å²) in [5.41, 5.74) is 2.43. The van der Waals surface area contributed by atoms with Crippen LogP contribution in [0.15, 0.2) is 60.8 Å². The van der Waals surface area contributed by atoms with Gasteiger partial charge in [-0.05, 0) is 17.7 Å². The van der Waals surface area contributed by atoms with Crippen LogP contribution in [0.2, 0.25) is 0 Å². The second-order valence-electron chi connectivity index (χ2n) is 6.59. The third kappa shape index (κ3) is 3.46. The monoisotopic (exact) mass is 376 g/mol. The summed E-state index contributed by atoms with van der Waals surface area (Å²) < 4.78 is 6.98. The number of nitrogens with zero attached hydrogens (tertiary/aromatic N) is 2. The van der Waals surface area contributed by atoms with E-state index in [9.17, 15) is 9.59 Å². The molecule has 2 amide bonds. The topological polar surface area (TPSA) is 85.2 Å². The van der Waals surface area contributed by atoms with Crippen molar-refractivity contribution in [2.24, 2.45) is 5.92 Å². The van der Waals surface area contributed by atoms with Crippen molar-refractivity contribution in [1.82, 2.24) is 9.78 Å². The SMILES string of the molecule is COc1ccccc1NC(=O)C[C@@H]1Cn2ncc(-c3ccccc3)c2NC1=O. The Balaban J connectivity index is 1.47. The van der Waals surface area contributed by atoms with Crippen molar-refractivity contribution in [3.8, 4) is 16.9 Å². The standard InChI is InChI=1S/C21H20N4O3/c1-28-18-10-6-5-9-17(18)23-19(26)11-15-13-25-20(24-21(15)27)16(12-22-25)14-7-3-2-4-8-14/h2-10,12,15H,11,13H2,1H3,(H,23,26)(H,24,27)/t15-/m1/s1. The van der Waals surface area contributed by atoms with Gasteiger partial charge in [0.2, 0.25) is 11.8 Å². The number of fused-ring (bicyclic) bond motifs is 1. The Morgan fingerprint density at radius 1 is 1.21 bits per heavy atom. The Morgan fingerprint density at radius 3 is 2.75 bits per heavy atom. The summed E-state index contributed by atoms with van der Waals surface area (Å²) in [6.07, 6.45) is 1.80. The summed E-state index contributed by atoms with van der Waals surface area (Å²) >= 11 is 0. The first-order chi connectivity index (χ1) is 13.7. The molecule has 0 spiro atoms. The highest BCUT2D eigenvalue weighted by Crippen LogP contribution is 2.32. The fourth-order valence-electron chi connectivity index (χ4n) is 3.33. The predicted octanol–water partition coefficient (Wildman–Crippen LogP) is 3.16. The van der Waals surface area contributed by atoms with Gasteiger partial charge in [-0.1, -0.05) is 42.5 Å². The molecule has 2 N–H and O–H groups in total. The highest BCUT2D eigenvalue weighted by molar-refractivity contribution is 6.01. The zero-order chi connectivity index (χ0) is 19.5. The number of para-hydroxylation sites is 2. The number of anilines is 2. The van der Waals surface area contributed by atoms with Gasteiger partial charge in [0.15, 0.2) is 0 Å². The Morgan fingerprint density at radius 2 is 1.96 bits per heavy atom. The number of amides is 2. The average molecular weight is 376 g/mol. The summed E-state index contributed by atoms with van der Waals surface area (Å²) in [5, 5.41) is 10.1. The lowest BCUT2D eigenvalue weighted by Crippen LogP contribution is -2.36. The minimum atomic E-state index is -0.495. The number of carbonyl (C=O) groups is 2. The molecule has 0 aliphatic carbocycles. The van der Waals surface area contributed by atoms with Gasteiger partial charge in [-0.3, -0.25) is 9.59 Å². The molecule has 0 unspecified atom stereocenters. The van der Waals surface area contributed by atoms with Gasteiger partial charge in [0, 0.05) is 12.0 Å². The third-order valence-electron chi connectivity index (χ3n) is 4.74. The molecule has 0 fully saturated rings. The van der Waals surface area contributed by atoms with E-state index in [4.69, 9.17) is 4.74 Å². The van der Waals surface area contributed by atoms with E-state index in [1.807, 2.05) is 42.5 Å². The van der Waals surface area contributed by atoms with Crippen LogP contribution in [-0.4, -0.2) is 28.7 Å². The first-order valence-corrected chi connectivity index (χ1v) is 9.00. The van der Waals surface area contributed by atoms with Crippen LogP contribution in [0.4, 0.5) is 11.5 Å². The molecule has 0 saturated carbocycles. The van der Waals surface area contributed by atoms with E-state index >= 15 is 0 Å². The molecule has 3 aromatic rings. The second kappa shape index (κ2) is 7.56. The van der Waals surface area contributed by atoms with Crippen molar-refractivity contribution < 1.29 is 14.3 Å². The van der Waals surface area contributed by atoms with Crippen molar-refractivity contribution >= 4 is 23.3 Å². The number of aromatic nitrogens is 2. The molecule has 7 nitrogen and oxygen atoms in total. The molecule has 7 heteroatoms. The van der Waals surface area contributed by atoms with Gasteiger partial charge in [0.1, 0.15) is 11.6 Å². The zero-order valence-electron chi connectivity index (χ0n) is 15.4. The molecule has 0 saturated heterocycles. The molecule has 2 aromatic carbocycles. The minimum Gasteiger partial charge on any atom is -0.495 e. The van der Waals surface area contributed by atoms with Gasteiger partial charge in [-0.15, -0.1) is 0 Å². The number of methoxy groups -OCH3 is 1. The Kier molecular flexibility index (Phi) is 4.80. The van der Waals surface area contributed by atoms with Crippen LogP contribution in [-0.2, 0) is 16.1 Å². The van der Waals surface area contributed by atoms with E-state index < -0.39 is 5.92 Å². The van der Waals surface area contributed by atoms with E-state index in [0.717, 1.165) is 11.1 Å². The normalized spacial score (nSPS) is 15.5. The molecular weight excluding hydrogens is 356 g/mol. The minimum absolute atomic E-state index is 0.0594. The molecule has 1 aromatic heterocycles. The lowest BCUT2D eigenvalue weighted by atomic mass is 10.0. The van der Waals surface area contributed by atoms with E-state index in [1.54, 1.807) is 30.1 Å². The Hall–Kier alpha value is -3.61. The van der Waals surface area contributed by atoms with Crippen molar-refractivity contribution in [2.45, 2.75) is 13.0 Å². The van der Waals surface area contributed by atoms with Gasteiger partial charge >= 0.3 is 0 Å². The number of hydrogen-bond acceptors (Lipinski definition) is 4. The quantitative estimate of drug-likeness (QED) is 0.716. The molecule has 0 bridgehead atoms. The van der Waals surface area contributed by atoms with E-state index in [0.29, 0.717) is 23.8 Å². The molecule has 142 valence electrons. The Bertz CT molecular complexity index is 1010. The predicted molar refractivity (Wildman–Crippen MR) is 106 cm³/mol. The van der Waals surface area contributed by atoms with Gasteiger partial charge in [0.25, 0.3) is 0 Å². The maximum absolute atomic E-state index is 12.6. The number of carbonyl (C=O) groups excluding carboxylic acids is 2. The fourth-order valence-corrected chi connectivity index (χ4v) is 3.33. The van der Waals surface area contributed by atoms with Crippen molar-refractivity contribution in [1.29, 1.82) is 0 Å². The summed E-state index contributed by atoms with van der Waals surface area (Å²) in [5.74, 6) is 0.318. The highest BCUT2D eigenvalue weighted by Gasteiger charge is 2.30. The molecule has 1 aliphatic heterocycles. The molecule has 28 heavy (non-hydrogen) atoms. The van der Waals surface area contributed by atoms with Crippen molar-refractivity contribution in [3.63, 3.8) is 0 Å². The Labute approximate surface area is 162 Å². The largest absolute Gasteiger partial charge is 0.495 e. The summed E-state index contributed by atoms with van der Waals surface area (Å²) in [4.78, 5) is 25.0. The maximum Gasteiger partial charge on any atom is 0.231 e. The van der Waals surface area contributed by atoms with Crippen LogP contribution in [0.3, 0.4) is 0 Å².